The third-order valence-electron chi connectivity index (χ3n) is 4.83. The SMILES string of the molecule is CC(C)C[C@@H](COc1cc2c(cc1Br)-c1ccncc1C(C)O2)NC(=O)OC(C)(C)C. The molecular weight excluding hydrogens is 460 g/mol. The van der Waals surface area contributed by atoms with E-state index in [9.17, 15) is 4.79 Å². The Morgan fingerprint density at radius 3 is 2.71 bits per heavy atom. The normalized spacial score (nSPS) is 16.1. The van der Waals surface area contributed by atoms with E-state index in [2.05, 4.69) is 40.1 Å². The highest BCUT2D eigenvalue weighted by atomic mass is 79.9. The molecule has 2 atom stereocenters. The highest BCUT2D eigenvalue weighted by Crippen LogP contribution is 2.46. The molecule has 0 radical (unpaired) electrons. The average Bonchev–Trinajstić information content (AvgIpc) is 2.65. The molecule has 31 heavy (non-hydrogen) atoms. The van der Waals surface area contributed by atoms with Crippen LogP contribution in [0.1, 0.15) is 59.6 Å². The Bertz CT molecular complexity index is 940. The van der Waals surface area contributed by atoms with Crippen LogP contribution < -0.4 is 14.8 Å². The average molecular weight is 491 g/mol. The van der Waals surface area contributed by atoms with Gasteiger partial charge in [-0.15, -0.1) is 0 Å². The first-order valence-electron chi connectivity index (χ1n) is 10.6. The number of pyridine rings is 1. The maximum Gasteiger partial charge on any atom is 0.407 e. The van der Waals surface area contributed by atoms with Crippen molar-refractivity contribution in [3.05, 3.63) is 40.6 Å². The highest BCUT2D eigenvalue weighted by molar-refractivity contribution is 9.10. The van der Waals surface area contributed by atoms with E-state index in [1.165, 1.54) is 0 Å². The fourth-order valence-electron chi connectivity index (χ4n) is 3.59. The summed E-state index contributed by atoms with van der Waals surface area (Å²) in [6, 6.07) is 5.74. The van der Waals surface area contributed by atoms with Crippen molar-refractivity contribution in [1.29, 1.82) is 0 Å². The van der Waals surface area contributed by atoms with Crippen LogP contribution in [0.4, 0.5) is 4.79 Å². The molecule has 2 heterocycles. The summed E-state index contributed by atoms with van der Waals surface area (Å²) in [5.41, 5.74) is 2.63. The number of nitrogens with zero attached hydrogens (tertiary/aromatic N) is 1. The van der Waals surface area contributed by atoms with Gasteiger partial charge in [-0.25, -0.2) is 4.79 Å². The Labute approximate surface area is 192 Å². The zero-order chi connectivity index (χ0) is 22.8. The number of hydrogen-bond donors (Lipinski definition) is 1. The Morgan fingerprint density at radius 1 is 1.29 bits per heavy atom. The summed E-state index contributed by atoms with van der Waals surface area (Å²) in [5.74, 6) is 1.83. The first-order valence-corrected chi connectivity index (χ1v) is 11.4. The van der Waals surface area contributed by atoms with Crippen molar-refractivity contribution in [3.8, 4) is 22.6 Å². The third-order valence-corrected chi connectivity index (χ3v) is 5.45. The van der Waals surface area contributed by atoms with E-state index in [0.717, 1.165) is 33.3 Å². The summed E-state index contributed by atoms with van der Waals surface area (Å²) in [4.78, 5) is 16.5. The van der Waals surface area contributed by atoms with Gasteiger partial charge in [0.1, 0.15) is 29.8 Å². The Kier molecular flexibility index (Phi) is 7.14. The first-order chi connectivity index (χ1) is 14.5. The topological polar surface area (TPSA) is 69.7 Å². The molecule has 2 aromatic rings. The fraction of sp³-hybridized carbons (Fsp3) is 0.500. The van der Waals surface area contributed by atoms with Crippen LogP contribution in [-0.2, 0) is 4.74 Å². The van der Waals surface area contributed by atoms with Gasteiger partial charge in [0.25, 0.3) is 0 Å². The molecule has 7 heteroatoms. The summed E-state index contributed by atoms with van der Waals surface area (Å²) in [6.07, 6.45) is 3.88. The molecule has 1 aromatic carbocycles. The van der Waals surface area contributed by atoms with Crippen LogP contribution >= 0.6 is 15.9 Å². The summed E-state index contributed by atoms with van der Waals surface area (Å²) in [6.45, 7) is 12.1. The van der Waals surface area contributed by atoms with Crippen molar-refractivity contribution in [2.75, 3.05) is 6.61 Å². The van der Waals surface area contributed by atoms with Crippen molar-refractivity contribution in [1.82, 2.24) is 10.3 Å². The maximum absolute atomic E-state index is 12.3. The summed E-state index contributed by atoms with van der Waals surface area (Å²) >= 11 is 3.63. The van der Waals surface area contributed by atoms with Crippen molar-refractivity contribution in [2.24, 2.45) is 5.92 Å². The molecule has 3 rings (SSSR count). The number of benzene rings is 1. The number of nitrogens with one attached hydrogen (secondary N) is 1. The molecule has 168 valence electrons. The molecule has 0 bridgehead atoms. The maximum atomic E-state index is 12.3. The molecular formula is C24H31BrN2O4. The summed E-state index contributed by atoms with van der Waals surface area (Å²) in [7, 11) is 0. The van der Waals surface area contributed by atoms with Crippen LogP contribution in [0.15, 0.2) is 35.1 Å². The molecule has 1 N–H and O–H groups in total. The predicted molar refractivity (Wildman–Crippen MR) is 125 cm³/mol. The lowest BCUT2D eigenvalue weighted by Gasteiger charge is -2.27. The smallest absolute Gasteiger partial charge is 0.407 e. The van der Waals surface area contributed by atoms with Crippen LogP contribution in [-0.4, -0.2) is 29.3 Å². The molecule has 0 fully saturated rings. The monoisotopic (exact) mass is 490 g/mol. The van der Waals surface area contributed by atoms with Crippen LogP contribution in [0.2, 0.25) is 0 Å². The molecule has 0 spiro atoms. The minimum Gasteiger partial charge on any atom is -0.490 e. The molecule has 1 unspecified atom stereocenters. The van der Waals surface area contributed by atoms with Gasteiger partial charge in [-0.2, -0.15) is 0 Å². The van der Waals surface area contributed by atoms with Crippen LogP contribution in [0, 0.1) is 5.92 Å². The zero-order valence-corrected chi connectivity index (χ0v) is 20.6. The third kappa shape index (κ3) is 6.12. The van der Waals surface area contributed by atoms with E-state index in [4.69, 9.17) is 14.2 Å². The van der Waals surface area contributed by atoms with Gasteiger partial charge in [0, 0.05) is 29.6 Å². The number of carbonyl (C=O) groups is 1. The van der Waals surface area contributed by atoms with Crippen LogP contribution in [0.25, 0.3) is 11.1 Å². The number of fused-ring (bicyclic) bond motifs is 3. The molecule has 0 saturated carbocycles. The Balaban J connectivity index is 1.76. The second-order valence-electron chi connectivity index (χ2n) is 9.29. The van der Waals surface area contributed by atoms with Crippen molar-refractivity contribution < 1.29 is 19.0 Å². The van der Waals surface area contributed by atoms with Crippen molar-refractivity contribution in [3.63, 3.8) is 0 Å². The Morgan fingerprint density at radius 2 is 2.03 bits per heavy atom. The first kappa shape index (κ1) is 23.4. The van der Waals surface area contributed by atoms with Gasteiger partial charge in [-0.1, -0.05) is 13.8 Å². The fourth-order valence-corrected chi connectivity index (χ4v) is 4.04. The van der Waals surface area contributed by atoms with Crippen molar-refractivity contribution >= 4 is 22.0 Å². The van der Waals surface area contributed by atoms with E-state index < -0.39 is 11.7 Å². The molecule has 1 amide bonds. The lowest BCUT2D eigenvalue weighted by molar-refractivity contribution is 0.0480. The number of hydrogen-bond acceptors (Lipinski definition) is 5. The standard InChI is InChI=1S/C24H31BrN2O4/c1-14(2)9-16(27-23(28)31-24(4,5)6)13-29-22-11-21-18(10-20(22)25)17-7-8-26-12-19(17)15(3)30-21/h7-8,10-12,14-16H,9,13H2,1-6H3,(H,27,28)/t15?,16-/m0/s1. The Hall–Kier alpha value is -2.28. The van der Waals surface area contributed by atoms with Gasteiger partial charge in [-0.05, 0) is 73.7 Å². The molecule has 1 aliphatic rings. The second kappa shape index (κ2) is 9.47. The number of carbonyl (C=O) groups excluding carboxylic acids is 1. The van der Waals surface area contributed by atoms with Gasteiger partial charge in [0.15, 0.2) is 0 Å². The molecule has 6 nitrogen and oxygen atoms in total. The number of halogens is 1. The summed E-state index contributed by atoms with van der Waals surface area (Å²) in [5, 5.41) is 2.94. The largest absolute Gasteiger partial charge is 0.490 e. The minimum absolute atomic E-state index is 0.0900. The predicted octanol–water partition coefficient (Wildman–Crippen LogP) is 6.28. The lowest BCUT2D eigenvalue weighted by Crippen LogP contribution is -2.42. The van der Waals surface area contributed by atoms with Gasteiger partial charge in [0.2, 0.25) is 0 Å². The number of alkyl carbamates (subject to hydrolysis) is 1. The number of aromatic nitrogens is 1. The number of rotatable bonds is 6. The molecule has 0 aliphatic carbocycles. The van der Waals surface area contributed by atoms with Crippen LogP contribution in [0.5, 0.6) is 11.5 Å². The van der Waals surface area contributed by atoms with E-state index >= 15 is 0 Å². The van der Waals surface area contributed by atoms with Crippen molar-refractivity contribution in [2.45, 2.75) is 65.7 Å². The van der Waals surface area contributed by atoms with Gasteiger partial charge in [0.05, 0.1) is 10.5 Å². The van der Waals surface area contributed by atoms with E-state index in [1.54, 1.807) is 6.20 Å². The zero-order valence-electron chi connectivity index (χ0n) is 19.0. The second-order valence-corrected chi connectivity index (χ2v) is 10.1. The number of ether oxygens (including phenoxy) is 3. The minimum atomic E-state index is -0.547. The van der Waals surface area contributed by atoms with E-state index in [0.29, 0.717) is 18.3 Å². The number of amides is 1. The lowest BCUT2D eigenvalue weighted by atomic mass is 9.95. The molecule has 1 aromatic heterocycles. The van der Waals surface area contributed by atoms with Gasteiger partial charge < -0.3 is 19.5 Å². The molecule has 1 aliphatic heterocycles. The summed E-state index contributed by atoms with van der Waals surface area (Å²) < 4.78 is 18.5. The van der Waals surface area contributed by atoms with E-state index in [1.807, 2.05) is 52.1 Å². The molecule has 0 saturated heterocycles. The van der Waals surface area contributed by atoms with Gasteiger partial charge in [-0.3, -0.25) is 4.98 Å². The van der Waals surface area contributed by atoms with Crippen LogP contribution in [0.3, 0.4) is 0 Å². The quantitative estimate of drug-likeness (QED) is 0.515. The van der Waals surface area contributed by atoms with E-state index in [-0.39, 0.29) is 12.1 Å². The van der Waals surface area contributed by atoms with Gasteiger partial charge >= 0.3 is 6.09 Å². The highest BCUT2D eigenvalue weighted by Gasteiger charge is 2.25.